The number of pyridine rings is 1. The molecule has 1 aromatic carbocycles. The lowest BCUT2D eigenvalue weighted by atomic mass is 10.1. The fourth-order valence-corrected chi connectivity index (χ4v) is 2.23. The van der Waals surface area contributed by atoms with Gasteiger partial charge in [0.25, 0.3) is 0 Å². The topological polar surface area (TPSA) is 98.4 Å². The van der Waals surface area contributed by atoms with E-state index in [9.17, 15) is 14.9 Å². The molecule has 1 N–H and O–H groups in total. The average Bonchev–Trinajstić information content (AvgIpc) is 3.02. The molecular formula is C16H12N2O5. The molecule has 7 heteroatoms. The number of para-hydroxylation sites is 1. The van der Waals surface area contributed by atoms with Gasteiger partial charge in [0.05, 0.1) is 18.7 Å². The highest BCUT2D eigenvalue weighted by molar-refractivity contribution is 5.85. The Kier molecular flexibility index (Phi) is 3.68. The summed E-state index contributed by atoms with van der Waals surface area (Å²) in [5.41, 5.74) is 0.973. The van der Waals surface area contributed by atoms with E-state index in [2.05, 4.69) is 4.98 Å². The van der Waals surface area contributed by atoms with E-state index in [0.29, 0.717) is 28.1 Å². The molecule has 0 radical (unpaired) electrons. The molecule has 0 atom stereocenters. The van der Waals surface area contributed by atoms with E-state index in [0.717, 1.165) is 0 Å². The number of nitro groups is 1. The van der Waals surface area contributed by atoms with Crippen LogP contribution in [0.15, 0.2) is 45.6 Å². The molecule has 0 unspecified atom stereocenters. The highest BCUT2D eigenvalue weighted by Gasteiger charge is 2.10. The number of nitrogens with one attached hydrogen (secondary N) is 1. The van der Waals surface area contributed by atoms with E-state index in [1.807, 2.05) is 0 Å². The van der Waals surface area contributed by atoms with Crippen molar-refractivity contribution in [2.45, 2.75) is 0 Å². The minimum absolute atomic E-state index is 0.150. The monoisotopic (exact) mass is 312 g/mol. The number of fused-ring (bicyclic) bond motifs is 1. The van der Waals surface area contributed by atoms with Gasteiger partial charge in [0.15, 0.2) is 5.43 Å². The third-order valence-corrected chi connectivity index (χ3v) is 3.29. The van der Waals surface area contributed by atoms with Gasteiger partial charge in [-0.1, -0.05) is 6.07 Å². The lowest BCUT2D eigenvalue weighted by molar-refractivity contribution is -0.402. The van der Waals surface area contributed by atoms with Crippen LogP contribution in [0.1, 0.15) is 11.5 Å². The third-order valence-electron chi connectivity index (χ3n) is 3.29. The largest absolute Gasteiger partial charge is 0.495 e. The van der Waals surface area contributed by atoms with E-state index in [-0.39, 0.29) is 11.3 Å². The predicted molar refractivity (Wildman–Crippen MR) is 85.4 cm³/mol. The number of hydrogen-bond donors (Lipinski definition) is 1. The second kappa shape index (κ2) is 5.80. The first-order valence-electron chi connectivity index (χ1n) is 6.71. The Balaban J connectivity index is 2.01. The Morgan fingerprint density at radius 1 is 1.26 bits per heavy atom. The highest BCUT2D eigenvalue weighted by Crippen LogP contribution is 2.22. The molecule has 2 heterocycles. The van der Waals surface area contributed by atoms with Crippen molar-refractivity contribution < 1.29 is 14.1 Å². The van der Waals surface area contributed by atoms with Gasteiger partial charge < -0.3 is 14.1 Å². The van der Waals surface area contributed by atoms with Crippen LogP contribution in [0.2, 0.25) is 0 Å². The van der Waals surface area contributed by atoms with Crippen molar-refractivity contribution in [1.82, 2.24) is 4.98 Å². The lowest BCUT2D eigenvalue weighted by Crippen LogP contribution is -2.03. The Bertz CT molecular complexity index is 968. The van der Waals surface area contributed by atoms with E-state index >= 15 is 0 Å². The number of benzene rings is 1. The van der Waals surface area contributed by atoms with Gasteiger partial charge in [0.2, 0.25) is 0 Å². The summed E-state index contributed by atoms with van der Waals surface area (Å²) in [6.45, 7) is 0. The van der Waals surface area contributed by atoms with Gasteiger partial charge in [0, 0.05) is 17.1 Å². The molecule has 3 rings (SSSR count). The fourth-order valence-electron chi connectivity index (χ4n) is 2.23. The first-order chi connectivity index (χ1) is 11.1. The first-order valence-corrected chi connectivity index (χ1v) is 6.71. The summed E-state index contributed by atoms with van der Waals surface area (Å²) < 4.78 is 10.3. The van der Waals surface area contributed by atoms with Crippen LogP contribution in [-0.2, 0) is 0 Å². The molecule has 23 heavy (non-hydrogen) atoms. The van der Waals surface area contributed by atoms with Crippen molar-refractivity contribution in [3.05, 3.63) is 68.2 Å². The van der Waals surface area contributed by atoms with Gasteiger partial charge >= 0.3 is 5.88 Å². The quantitative estimate of drug-likeness (QED) is 0.589. The SMILES string of the molecule is COc1cccc2c(=O)cc(/C=C/c3ccc([N+](=O)[O-])o3)[nH]c12. The van der Waals surface area contributed by atoms with Crippen LogP contribution < -0.4 is 10.2 Å². The number of nitrogens with zero attached hydrogens (tertiary/aromatic N) is 1. The Morgan fingerprint density at radius 2 is 2.09 bits per heavy atom. The average molecular weight is 312 g/mol. The summed E-state index contributed by atoms with van der Waals surface area (Å²) in [7, 11) is 1.53. The maximum absolute atomic E-state index is 12.2. The van der Waals surface area contributed by atoms with Gasteiger partial charge in [-0.25, -0.2) is 0 Å². The van der Waals surface area contributed by atoms with Crippen molar-refractivity contribution >= 4 is 28.9 Å². The fraction of sp³-hybridized carbons (Fsp3) is 0.0625. The number of rotatable bonds is 4. The maximum atomic E-state index is 12.2. The van der Waals surface area contributed by atoms with Crippen LogP contribution >= 0.6 is 0 Å². The molecule has 0 fully saturated rings. The number of H-pyrrole nitrogens is 1. The van der Waals surface area contributed by atoms with Crippen LogP contribution in [0.25, 0.3) is 23.1 Å². The van der Waals surface area contributed by atoms with Crippen LogP contribution in [0, 0.1) is 10.1 Å². The second-order valence-electron chi connectivity index (χ2n) is 4.74. The minimum atomic E-state index is -0.611. The molecule has 0 spiro atoms. The second-order valence-corrected chi connectivity index (χ2v) is 4.74. The molecule has 0 aliphatic rings. The van der Waals surface area contributed by atoms with Gasteiger partial charge in [-0.15, -0.1) is 0 Å². The van der Waals surface area contributed by atoms with E-state index in [4.69, 9.17) is 9.15 Å². The Hall–Kier alpha value is -3.35. The molecule has 0 amide bonds. The van der Waals surface area contributed by atoms with Gasteiger partial charge in [-0.3, -0.25) is 14.9 Å². The van der Waals surface area contributed by atoms with E-state index in [1.54, 1.807) is 30.4 Å². The van der Waals surface area contributed by atoms with Crippen molar-refractivity contribution in [3.63, 3.8) is 0 Å². The Morgan fingerprint density at radius 3 is 2.78 bits per heavy atom. The number of aromatic amines is 1. The van der Waals surface area contributed by atoms with Crippen LogP contribution in [-0.4, -0.2) is 17.0 Å². The maximum Gasteiger partial charge on any atom is 0.433 e. The highest BCUT2D eigenvalue weighted by atomic mass is 16.6. The molecule has 3 aromatic rings. The molecule has 2 aromatic heterocycles. The number of aromatic nitrogens is 1. The molecule has 0 aliphatic carbocycles. The predicted octanol–water partition coefficient (Wildman–Crippen LogP) is 3.21. The lowest BCUT2D eigenvalue weighted by Gasteiger charge is -2.05. The summed E-state index contributed by atoms with van der Waals surface area (Å²) >= 11 is 0. The molecule has 0 saturated carbocycles. The minimum Gasteiger partial charge on any atom is -0.495 e. The zero-order chi connectivity index (χ0) is 16.4. The standard InChI is InChI=1S/C16H12N2O5/c1-22-14-4-2-3-12-13(19)9-10(17-16(12)14)5-6-11-7-8-15(23-11)18(20)21/h2-9H,1H3,(H,17,19)/b6-5+. The number of ether oxygens (including phenoxy) is 1. The van der Waals surface area contributed by atoms with Crippen LogP contribution in [0.4, 0.5) is 5.88 Å². The zero-order valence-corrected chi connectivity index (χ0v) is 12.1. The van der Waals surface area contributed by atoms with E-state index < -0.39 is 4.92 Å². The van der Waals surface area contributed by atoms with Crippen molar-refractivity contribution in [3.8, 4) is 5.75 Å². The number of hydrogen-bond acceptors (Lipinski definition) is 5. The first kappa shape index (κ1) is 14.6. The van der Waals surface area contributed by atoms with Gasteiger partial charge in [-0.05, 0) is 30.4 Å². The molecule has 0 saturated heterocycles. The summed E-state index contributed by atoms with van der Waals surface area (Å²) in [6.07, 6.45) is 3.15. The number of methoxy groups -OCH3 is 1. The van der Waals surface area contributed by atoms with Crippen molar-refractivity contribution in [2.75, 3.05) is 7.11 Å². The van der Waals surface area contributed by atoms with Crippen LogP contribution in [0.3, 0.4) is 0 Å². The smallest absolute Gasteiger partial charge is 0.433 e. The third kappa shape index (κ3) is 2.84. The summed E-state index contributed by atoms with van der Waals surface area (Å²) in [6, 6.07) is 9.39. The Labute approximate surface area is 130 Å². The van der Waals surface area contributed by atoms with Gasteiger partial charge in [0.1, 0.15) is 16.4 Å². The molecule has 0 bridgehead atoms. The molecule has 116 valence electrons. The van der Waals surface area contributed by atoms with Crippen LogP contribution in [0.5, 0.6) is 5.75 Å². The summed E-state index contributed by atoms with van der Waals surface area (Å²) in [5.74, 6) is 0.541. The van der Waals surface area contributed by atoms with Crippen molar-refractivity contribution in [2.24, 2.45) is 0 Å². The van der Waals surface area contributed by atoms with Gasteiger partial charge in [-0.2, -0.15) is 0 Å². The van der Waals surface area contributed by atoms with Crippen molar-refractivity contribution in [1.29, 1.82) is 0 Å². The molecule has 7 nitrogen and oxygen atoms in total. The summed E-state index contributed by atoms with van der Waals surface area (Å²) in [5, 5.41) is 11.1. The number of furan rings is 1. The van der Waals surface area contributed by atoms with E-state index in [1.165, 1.54) is 25.3 Å². The normalized spacial score (nSPS) is 11.2. The zero-order valence-electron chi connectivity index (χ0n) is 12.1. The molecular weight excluding hydrogens is 300 g/mol. The molecule has 0 aliphatic heterocycles. The summed E-state index contributed by atoms with van der Waals surface area (Å²) in [4.78, 5) is 25.2.